The van der Waals surface area contributed by atoms with Gasteiger partial charge in [0, 0.05) is 25.8 Å². The first kappa shape index (κ1) is 14.7. The third-order valence-electron chi connectivity index (χ3n) is 4.04. The lowest BCUT2D eigenvalue weighted by atomic mass is 10.0. The summed E-state index contributed by atoms with van der Waals surface area (Å²) in [6.45, 7) is 1.90. The lowest BCUT2D eigenvalue weighted by Gasteiger charge is -2.33. The molecule has 2 aromatic rings. The summed E-state index contributed by atoms with van der Waals surface area (Å²) in [7, 11) is 1.64. The highest BCUT2D eigenvalue weighted by Crippen LogP contribution is 2.23. The molecule has 1 fully saturated rings. The lowest BCUT2D eigenvalue weighted by molar-refractivity contribution is 0.0668. The molecule has 0 spiro atoms. The molecule has 6 heteroatoms. The molecule has 0 saturated carbocycles. The van der Waals surface area contributed by atoms with Crippen molar-refractivity contribution in [2.24, 2.45) is 0 Å². The Balaban J connectivity index is 1.77. The molecule has 2 heterocycles. The second kappa shape index (κ2) is 6.70. The van der Waals surface area contributed by atoms with Gasteiger partial charge in [0.1, 0.15) is 12.7 Å². The Kier molecular flexibility index (Phi) is 4.48. The van der Waals surface area contributed by atoms with Crippen LogP contribution in [-0.4, -0.2) is 45.8 Å². The molecule has 0 N–H and O–H groups in total. The van der Waals surface area contributed by atoms with Gasteiger partial charge in [0.2, 0.25) is 0 Å². The van der Waals surface area contributed by atoms with Crippen molar-refractivity contribution in [2.45, 2.75) is 25.5 Å². The number of ether oxygens (including phenoxy) is 1. The van der Waals surface area contributed by atoms with Gasteiger partial charge in [-0.05, 0) is 24.5 Å². The summed E-state index contributed by atoms with van der Waals surface area (Å²) < 4.78 is 7.04. The highest BCUT2D eigenvalue weighted by atomic mass is 16.5. The van der Waals surface area contributed by atoms with Crippen LogP contribution in [0.4, 0.5) is 0 Å². The summed E-state index contributed by atoms with van der Waals surface area (Å²) in [5, 5.41) is 4.20. The van der Waals surface area contributed by atoms with Gasteiger partial charge in [0.15, 0.2) is 0 Å². The van der Waals surface area contributed by atoms with Crippen LogP contribution in [0.1, 0.15) is 34.8 Å². The quantitative estimate of drug-likeness (QED) is 0.865. The van der Waals surface area contributed by atoms with Gasteiger partial charge in [-0.15, -0.1) is 0 Å². The molecule has 0 unspecified atom stereocenters. The molecule has 1 aromatic heterocycles. The first-order valence-electron chi connectivity index (χ1n) is 7.50. The summed E-state index contributed by atoms with van der Waals surface area (Å²) in [5.74, 6) is 0.0671. The van der Waals surface area contributed by atoms with Crippen LogP contribution >= 0.6 is 0 Å². The summed E-state index contributed by atoms with van der Waals surface area (Å²) in [5.41, 5.74) is 1.65. The fourth-order valence-electron chi connectivity index (χ4n) is 2.94. The van der Waals surface area contributed by atoms with Gasteiger partial charge in [-0.2, -0.15) is 5.10 Å². The summed E-state index contributed by atoms with van der Waals surface area (Å²) in [4.78, 5) is 18.7. The second-order valence-electron chi connectivity index (χ2n) is 5.51. The molecule has 3 rings (SSSR count). The first-order valence-corrected chi connectivity index (χ1v) is 7.50. The van der Waals surface area contributed by atoms with Gasteiger partial charge in [-0.25, -0.2) is 9.67 Å². The number of methoxy groups -OCH3 is 1. The standard InChI is InChI=1S/C16H20N4O2/c1-22-10-13-5-2-3-7-15(13)16(21)19-8-4-6-14(9-19)20-12-17-11-18-20/h2-3,5,7,11-12,14H,4,6,8-10H2,1H3/t14-/m1/s1. The van der Waals surface area contributed by atoms with Crippen LogP contribution < -0.4 is 0 Å². The third-order valence-corrected chi connectivity index (χ3v) is 4.04. The maximum absolute atomic E-state index is 12.8. The third kappa shape index (κ3) is 3.01. The molecule has 1 aliphatic rings. The molecule has 22 heavy (non-hydrogen) atoms. The zero-order valence-electron chi connectivity index (χ0n) is 12.7. The SMILES string of the molecule is COCc1ccccc1C(=O)N1CCC[C@@H](n2cncn2)C1. The van der Waals surface area contributed by atoms with E-state index in [2.05, 4.69) is 10.1 Å². The number of likely N-dealkylation sites (tertiary alicyclic amines) is 1. The fourth-order valence-corrected chi connectivity index (χ4v) is 2.94. The molecule has 116 valence electrons. The number of hydrogen-bond acceptors (Lipinski definition) is 4. The summed E-state index contributed by atoms with van der Waals surface area (Å²) in [6.07, 6.45) is 5.25. The summed E-state index contributed by atoms with van der Waals surface area (Å²) in [6, 6.07) is 7.84. The summed E-state index contributed by atoms with van der Waals surface area (Å²) >= 11 is 0. The highest BCUT2D eigenvalue weighted by molar-refractivity contribution is 5.95. The topological polar surface area (TPSA) is 60.2 Å². The molecular formula is C16H20N4O2. The van der Waals surface area contributed by atoms with E-state index in [1.807, 2.05) is 33.8 Å². The normalized spacial score (nSPS) is 18.4. The van der Waals surface area contributed by atoms with Crippen LogP contribution in [0.3, 0.4) is 0 Å². The Hall–Kier alpha value is -2.21. The van der Waals surface area contributed by atoms with Crippen molar-refractivity contribution in [1.82, 2.24) is 19.7 Å². The predicted octanol–water partition coefficient (Wildman–Crippen LogP) is 1.90. The van der Waals surface area contributed by atoms with E-state index in [-0.39, 0.29) is 11.9 Å². The smallest absolute Gasteiger partial charge is 0.254 e. The molecular weight excluding hydrogens is 280 g/mol. The number of carbonyl (C=O) groups is 1. The maximum Gasteiger partial charge on any atom is 0.254 e. The number of rotatable bonds is 4. The van der Waals surface area contributed by atoms with Crippen molar-refractivity contribution in [3.8, 4) is 0 Å². The van der Waals surface area contributed by atoms with E-state index >= 15 is 0 Å². The first-order chi connectivity index (χ1) is 10.8. The monoisotopic (exact) mass is 300 g/mol. The zero-order chi connectivity index (χ0) is 15.4. The van der Waals surface area contributed by atoms with Gasteiger partial charge in [0.05, 0.1) is 12.6 Å². The molecule has 6 nitrogen and oxygen atoms in total. The average molecular weight is 300 g/mol. The van der Waals surface area contributed by atoms with E-state index in [9.17, 15) is 4.79 Å². The van der Waals surface area contributed by atoms with Crippen molar-refractivity contribution >= 4 is 5.91 Å². The van der Waals surface area contributed by atoms with Crippen molar-refractivity contribution in [2.75, 3.05) is 20.2 Å². The Morgan fingerprint density at radius 3 is 3.05 bits per heavy atom. The highest BCUT2D eigenvalue weighted by Gasteiger charge is 2.26. The van der Waals surface area contributed by atoms with Crippen LogP contribution in [-0.2, 0) is 11.3 Å². The zero-order valence-corrected chi connectivity index (χ0v) is 12.7. The van der Waals surface area contributed by atoms with E-state index in [0.29, 0.717) is 13.2 Å². The minimum absolute atomic E-state index is 0.0671. The molecule has 1 saturated heterocycles. The van der Waals surface area contributed by atoms with E-state index in [1.54, 1.807) is 13.4 Å². The molecule has 1 aromatic carbocycles. The minimum Gasteiger partial charge on any atom is -0.380 e. The number of aromatic nitrogens is 3. The second-order valence-corrected chi connectivity index (χ2v) is 5.51. The predicted molar refractivity (Wildman–Crippen MR) is 81.4 cm³/mol. The molecule has 0 bridgehead atoms. The molecule has 1 atom stereocenters. The van der Waals surface area contributed by atoms with Gasteiger partial charge < -0.3 is 9.64 Å². The molecule has 1 aliphatic heterocycles. The molecule has 1 amide bonds. The Morgan fingerprint density at radius 1 is 1.41 bits per heavy atom. The van der Waals surface area contributed by atoms with Crippen LogP contribution in [0, 0.1) is 0 Å². The lowest BCUT2D eigenvalue weighted by Crippen LogP contribution is -2.41. The van der Waals surface area contributed by atoms with Crippen molar-refractivity contribution < 1.29 is 9.53 Å². The van der Waals surface area contributed by atoms with Gasteiger partial charge in [-0.3, -0.25) is 4.79 Å². The number of piperidine rings is 1. The van der Waals surface area contributed by atoms with Crippen LogP contribution in [0.2, 0.25) is 0 Å². The van der Waals surface area contributed by atoms with E-state index < -0.39 is 0 Å². The molecule has 0 radical (unpaired) electrons. The van der Waals surface area contributed by atoms with Crippen LogP contribution in [0.15, 0.2) is 36.9 Å². The number of carbonyl (C=O) groups excluding carboxylic acids is 1. The fraction of sp³-hybridized carbons (Fsp3) is 0.438. The van der Waals surface area contributed by atoms with Crippen molar-refractivity contribution in [3.05, 3.63) is 48.0 Å². The van der Waals surface area contributed by atoms with E-state index in [4.69, 9.17) is 4.74 Å². The van der Waals surface area contributed by atoms with Crippen LogP contribution in [0.25, 0.3) is 0 Å². The van der Waals surface area contributed by atoms with Gasteiger partial charge in [0.25, 0.3) is 5.91 Å². The van der Waals surface area contributed by atoms with E-state index in [0.717, 1.165) is 30.5 Å². The Bertz CT molecular complexity index is 627. The number of benzene rings is 1. The van der Waals surface area contributed by atoms with Crippen molar-refractivity contribution in [3.63, 3.8) is 0 Å². The average Bonchev–Trinajstić information content (AvgIpc) is 3.10. The van der Waals surface area contributed by atoms with Gasteiger partial charge >= 0.3 is 0 Å². The minimum atomic E-state index is 0.0671. The Labute approximate surface area is 129 Å². The molecule has 0 aliphatic carbocycles. The number of nitrogens with zero attached hydrogens (tertiary/aromatic N) is 4. The van der Waals surface area contributed by atoms with Crippen LogP contribution in [0.5, 0.6) is 0 Å². The van der Waals surface area contributed by atoms with E-state index in [1.165, 1.54) is 6.33 Å². The van der Waals surface area contributed by atoms with Gasteiger partial charge in [-0.1, -0.05) is 18.2 Å². The van der Waals surface area contributed by atoms with Crippen molar-refractivity contribution in [1.29, 1.82) is 0 Å². The largest absolute Gasteiger partial charge is 0.380 e. The number of amides is 1. The number of hydrogen-bond donors (Lipinski definition) is 0. The Morgan fingerprint density at radius 2 is 2.27 bits per heavy atom. The maximum atomic E-state index is 12.8.